The van der Waals surface area contributed by atoms with E-state index in [0.717, 1.165) is 16.7 Å². The van der Waals surface area contributed by atoms with Crippen molar-refractivity contribution in [2.45, 2.75) is 13.2 Å². The molecule has 0 radical (unpaired) electrons. The molecule has 3 aromatic carbocycles. The lowest BCUT2D eigenvalue weighted by molar-refractivity contribution is 0.256. The molecule has 0 aliphatic heterocycles. The molecule has 3 nitrogen and oxygen atoms in total. The van der Waals surface area contributed by atoms with Crippen LogP contribution in [0, 0.1) is 11.3 Å². The largest absolute Gasteiger partial charge is 0.485 e. The van der Waals surface area contributed by atoms with Gasteiger partial charge in [-0.25, -0.2) is 0 Å². The zero-order chi connectivity index (χ0) is 18.0. The number of hydrogen-bond donors (Lipinski definition) is 0. The zero-order valence-electron chi connectivity index (χ0n) is 14.3. The van der Waals surface area contributed by atoms with Crippen LogP contribution in [0.25, 0.3) is 6.08 Å². The van der Waals surface area contributed by atoms with Crippen LogP contribution in [-0.2, 0) is 13.2 Å². The number of allylic oxidation sites excluding steroid dienone is 1. The second-order valence-corrected chi connectivity index (χ2v) is 5.72. The van der Waals surface area contributed by atoms with Crippen LogP contribution in [0.5, 0.6) is 11.5 Å². The van der Waals surface area contributed by atoms with Gasteiger partial charge in [-0.2, -0.15) is 5.26 Å². The van der Waals surface area contributed by atoms with Gasteiger partial charge in [0, 0.05) is 6.08 Å². The van der Waals surface area contributed by atoms with Crippen molar-refractivity contribution in [3.8, 4) is 17.6 Å². The summed E-state index contributed by atoms with van der Waals surface area (Å²) in [7, 11) is 0. The molecule has 0 saturated carbocycles. The number of rotatable bonds is 7. The first-order chi connectivity index (χ1) is 12.8. The molecule has 0 atom stereocenters. The third kappa shape index (κ3) is 4.99. The molecular weight excluding hydrogens is 323 g/mol. The summed E-state index contributed by atoms with van der Waals surface area (Å²) in [5, 5.41) is 8.72. The van der Waals surface area contributed by atoms with E-state index in [4.69, 9.17) is 14.7 Å². The lowest BCUT2D eigenvalue weighted by atomic mass is 10.2. The molecule has 0 aromatic heterocycles. The maximum absolute atomic E-state index is 8.72. The number of nitrogens with zero attached hydrogens (tertiary/aromatic N) is 1. The maximum Gasteiger partial charge on any atom is 0.162 e. The highest BCUT2D eigenvalue weighted by atomic mass is 16.5. The van der Waals surface area contributed by atoms with Gasteiger partial charge in [-0.05, 0) is 34.9 Å². The molecule has 3 heteroatoms. The molecule has 0 N–H and O–H groups in total. The molecule has 0 aliphatic carbocycles. The minimum atomic E-state index is 0.452. The average molecular weight is 342 g/mol. The summed E-state index contributed by atoms with van der Waals surface area (Å²) < 4.78 is 11.9. The van der Waals surface area contributed by atoms with Gasteiger partial charge in [0.2, 0.25) is 0 Å². The topological polar surface area (TPSA) is 42.2 Å². The fourth-order valence-electron chi connectivity index (χ4n) is 2.46. The summed E-state index contributed by atoms with van der Waals surface area (Å²) in [6, 6.07) is 27.7. The highest BCUT2D eigenvalue weighted by molar-refractivity contribution is 5.57. The highest BCUT2D eigenvalue weighted by Crippen LogP contribution is 2.30. The van der Waals surface area contributed by atoms with Gasteiger partial charge in [-0.1, -0.05) is 66.7 Å². The van der Waals surface area contributed by atoms with Crippen molar-refractivity contribution < 1.29 is 9.47 Å². The lowest BCUT2D eigenvalue weighted by Crippen LogP contribution is -2.00. The van der Waals surface area contributed by atoms with Gasteiger partial charge < -0.3 is 9.47 Å². The van der Waals surface area contributed by atoms with Crippen molar-refractivity contribution in [1.82, 2.24) is 0 Å². The Labute approximate surface area is 153 Å². The van der Waals surface area contributed by atoms with E-state index in [-0.39, 0.29) is 0 Å². The Bertz CT molecular complexity index is 896. The van der Waals surface area contributed by atoms with Crippen molar-refractivity contribution in [3.05, 3.63) is 102 Å². The second kappa shape index (κ2) is 9.10. The van der Waals surface area contributed by atoms with Crippen LogP contribution in [-0.4, -0.2) is 0 Å². The van der Waals surface area contributed by atoms with Crippen molar-refractivity contribution in [2.24, 2.45) is 0 Å². The molecular formula is C23H19NO2. The Morgan fingerprint density at radius 2 is 1.31 bits per heavy atom. The first-order valence-corrected chi connectivity index (χ1v) is 8.39. The van der Waals surface area contributed by atoms with Gasteiger partial charge in [0.05, 0.1) is 6.07 Å². The van der Waals surface area contributed by atoms with Crippen molar-refractivity contribution in [3.63, 3.8) is 0 Å². The summed E-state index contributed by atoms with van der Waals surface area (Å²) in [4.78, 5) is 0. The summed E-state index contributed by atoms with van der Waals surface area (Å²) in [5.41, 5.74) is 3.07. The summed E-state index contributed by atoms with van der Waals surface area (Å²) in [5.74, 6) is 1.34. The third-order valence-electron chi connectivity index (χ3n) is 3.79. The predicted molar refractivity (Wildman–Crippen MR) is 103 cm³/mol. The minimum absolute atomic E-state index is 0.452. The number of benzene rings is 3. The van der Waals surface area contributed by atoms with Crippen LogP contribution in [0.3, 0.4) is 0 Å². The second-order valence-electron chi connectivity index (χ2n) is 5.72. The molecule has 0 amide bonds. The summed E-state index contributed by atoms with van der Waals surface area (Å²) in [6.07, 6.45) is 3.19. The molecule has 0 aliphatic rings. The first kappa shape index (κ1) is 17.3. The van der Waals surface area contributed by atoms with Crippen LogP contribution in [0.15, 0.2) is 84.9 Å². The van der Waals surface area contributed by atoms with Crippen molar-refractivity contribution >= 4 is 6.08 Å². The van der Waals surface area contributed by atoms with Crippen LogP contribution >= 0.6 is 0 Å². The van der Waals surface area contributed by atoms with Gasteiger partial charge in [0.1, 0.15) is 13.2 Å². The molecule has 3 rings (SSSR count). The first-order valence-electron chi connectivity index (χ1n) is 8.39. The normalized spacial score (nSPS) is 10.4. The Kier molecular flexibility index (Phi) is 6.06. The van der Waals surface area contributed by atoms with Crippen LogP contribution in [0.1, 0.15) is 16.7 Å². The van der Waals surface area contributed by atoms with Gasteiger partial charge >= 0.3 is 0 Å². The predicted octanol–water partition coefficient (Wildman–Crippen LogP) is 5.38. The lowest BCUT2D eigenvalue weighted by Gasteiger charge is -2.14. The Balaban J connectivity index is 1.77. The third-order valence-corrected chi connectivity index (χ3v) is 3.79. The van der Waals surface area contributed by atoms with Crippen LogP contribution in [0.2, 0.25) is 0 Å². The van der Waals surface area contributed by atoms with Gasteiger partial charge in [0.25, 0.3) is 0 Å². The summed E-state index contributed by atoms with van der Waals surface area (Å²) in [6.45, 7) is 0.921. The molecule has 0 unspecified atom stereocenters. The standard InChI is InChI=1S/C23H19NO2/c24-15-7-12-19-13-14-22(25-17-20-8-3-1-4-9-20)23(16-19)26-18-21-10-5-2-6-11-21/h1-14,16H,17-18H2/b12-7+/i15+1. The monoisotopic (exact) mass is 342 g/mol. The molecule has 0 saturated heterocycles. The van der Waals surface area contributed by atoms with Gasteiger partial charge in [-0.15, -0.1) is 0 Å². The number of nitriles is 1. The van der Waals surface area contributed by atoms with E-state index in [1.54, 1.807) is 6.08 Å². The zero-order valence-corrected chi connectivity index (χ0v) is 14.3. The van der Waals surface area contributed by atoms with E-state index in [1.807, 2.05) is 84.9 Å². The average Bonchev–Trinajstić information content (AvgIpc) is 2.71. The molecule has 0 bridgehead atoms. The van der Waals surface area contributed by atoms with E-state index < -0.39 is 0 Å². The van der Waals surface area contributed by atoms with E-state index in [2.05, 4.69) is 0 Å². The summed E-state index contributed by atoms with van der Waals surface area (Å²) >= 11 is 0. The Morgan fingerprint density at radius 3 is 1.88 bits per heavy atom. The highest BCUT2D eigenvalue weighted by Gasteiger charge is 2.07. The number of hydrogen-bond acceptors (Lipinski definition) is 3. The molecule has 26 heavy (non-hydrogen) atoms. The van der Waals surface area contributed by atoms with E-state index in [0.29, 0.717) is 24.7 Å². The molecule has 0 fully saturated rings. The van der Waals surface area contributed by atoms with Gasteiger partial charge in [0.15, 0.2) is 11.5 Å². The van der Waals surface area contributed by atoms with Crippen molar-refractivity contribution in [2.75, 3.05) is 0 Å². The molecule has 3 aromatic rings. The quantitative estimate of drug-likeness (QED) is 0.427. The van der Waals surface area contributed by atoms with Crippen LogP contribution < -0.4 is 9.47 Å². The Morgan fingerprint density at radius 1 is 0.731 bits per heavy atom. The Hall–Kier alpha value is -3.51. The fourth-order valence-corrected chi connectivity index (χ4v) is 2.46. The van der Waals surface area contributed by atoms with Crippen LogP contribution in [0.4, 0.5) is 0 Å². The maximum atomic E-state index is 8.72. The van der Waals surface area contributed by atoms with E-state index in [1.165, 1.54) is 6.08 Å². The fraction of sp³-hybridized carbons (Fsp3) is 0.0870. The number of ether oxygens (including phenoxy) is 2. The van der Waals surface area contributed by atoms with E-state index >= 15 is 0 Å². The minimum Gasteiger partial charge on any atom is -0.485 e. The SMILES string of the molecule is N#[13C]/C=C/c1ccc(OCc2ccccc2)c(OCc2ccccc2)c1. The molecule has 0 spiro atoms. The smallest absolute Gasteiger partial charge is 0.162 e. The van der Waals surface area contributed by atoms with E-state index in [9.17, 15) is 0 Å². The van der Waals surface area contributed by atoms with Crippen molar-refractivity contribution in [1.29, 1.82) is 5.26 Å². The molecule has 128 valence electrons. The molecule has 0 heterocycles. The van der Waals surface area contributed by atoms with Gasteiger partial charge in [-0.3, -0.25) is 0 Å².